The van der Waals surface area contributed by atoms with Gasteiger partial charge in [-0.15, -0.1) is 0 Å². The molecule has 0 spiro atoms. The molecule has 10 aromatic carbocycles. The van der Waals surface area contributed by atoms with Crippen molar-refractivity contribution in [3.8, 4) is 0 Å². The van der Waals surface area contributed by atoms with E-state index >= 15 is 0 Å². The summed E-state index contributed by atoms with van der Waals surface area (Å²) < 4.78 is 13.1. The Balaban J connectivity index is 1.04. The van der Waals surface area contributed by atoms with E-state index in [4.69, 9.17) is 8.83 Å². The van der Waals surface area contributed by atoms with Gasteiger partial charge in [0.25, 0.3) is 6.71 Å². The SMILES string of the molecule is CC(C)(C)c1ccc(N2c3cc(N(c4ccc5ccccc5c4)c4ccc5oc6ccccc6c5c4)ccc3B3c4ccc5oc6ccccc6c5c4N(c4ccc(C(C)(C)C)cc4)c4cccc2c43)cc1. The summed E-state index contributed by atoms with van der Waals surface area (Å²) in [4.78, 5) is 7.45. The molecule has 2 aromatic heterocycles. The zero-order valence-corrected chi connectivity index (χ0v) is 41.4. The standard InChI is InChI=1S/C66H52BN3O2/c1-65(2,3)43-23-28-45(29-24-43)69-55-18-13-19-56-63(55)67(54-35-37-61-62(51-17-10-12-21-59(51)72-61)64(54)70(56)46-30-25-44(26-31-46)66(4,5)6)53-34-32-49(40-57(53)69)68(47-27-22-41-14-7-8-15-42(41)38-47)48-33-36-60-52(39-48)50-16-9-11-20-58(50)71-60/h7-40H,1-6H3. The van der Waals surface area contributed by atoms with E-state index in [-0.39, 0.29) is 17.5 Å². The number of furan rings is 2. The van der Waals surface area contributed by atoms with Crippen molar-refractivity contribution < 1.29 is 8.83 Å². The quantitative estimate of drug-likeness (QED) is 0.161. The molecule has 0 aliphatic carbocycles. The van der Waals surface area contributed by atoms with Crippen LogP contribution in [0.5, 0.6) is 0 Å². The Morgan fingerprint density at radius 1 is 0.389 bits per heavy atom. The van der Waals surface area contributed by atoms with Gasteiger partial charge < -0.3 is 23.5 Å². The first-order valence-corrected chi connectivity index (χ1v) is 25.2. The summed E-state index contributed by atoms with van der Waals surface area (Å²) in [7, 11) is 0. The summed E-state index contributed by atoms with van der Waals surface area (Å²) in [5.41, 5.74) is 19.9. The highest BCUT2D eigenvalue weighted by atomic mass is 16.3. The third kappa shape index (κ3) is 6.48. The highest BCUT2D eigenvalue weighted by Gasteiger charge is 2.44. The van der Waals surface area contributed by atoms with E-state index in [1.165, 1.54) is 38.3 Å². The number of nitrogens with zero attached hydrogens (tertiary/aromatic N) is 3. The van der Waals surface area contributed by atoms with Crippen LogP contribution in [0, 0.1) is 0 Å². The number of hydrogen-bond acceptors (Lipinski definition) is 5. The second-order valence-corrected chi connectivity index (χ2v) is 21.8. The van der Waals surface area contributed by atoms with Crippen LogP contribution in [0.25, 0.3) is 54.6 Å². The van der Waals surface area contributed by atoms with Crippen LogP contribution < -0.4 is 31.1 Å². The third-order valence-corrected chi connectivity index (χ3v) is 15.3. The summed E-state index contributed by atoms with van der Waals surface area (Å²) in [6, 6.07) is 76.0. The van der Waals surface area contributed by atoms with Crippen LogP contribution in [-0.4, -0.2) is 6.71 Å². The fraction of sp³-hybridized carbons (Fsp3) is 0.121. The Labute approximate surface area is 420 Å². The molecule has 6 heteroatoms. The first kappa shape index (κ1) is 42.4. The van der Waals surface area contributed by atoms with E-state index in [0.717, 1.165) is 95.1 Å². The Morgan fingerprint density at radius 3 is 1.64 bits per heavy atom. The summed E-state index contributed by atoms with van der Waals surface area (Å²) in [5, 5.41) is 6.82. The van der Waals surface area contributed by atoms with Crippen molar-refractivity contribution in [2.45, 2.75) is 52.4 Å². The average Bonchev–Trinajstić information content (AvgIpc) is 3.97. The van der Waals surface area contributed by atoms with Gasteiger partial charge >= 0.3 is 0 Å². The topological polar surface area (TPSA) is 36.0 Å². The number of fused-ring (bicyclic) bond motifs is 12. The molecule has 0 atom stereocenters. The molecular weight excluding hydrogens is 878 g/mol. The van der Waals surface area contributed by atoms with Crippen molar-refractivity contribution in [1.82, 2.24) is 0 Å². The first-order valence-electron chi connectivity index (χ1n) is 25.2. The van der Waals surface area contributed by atoms with Crippen LogP contribution in [0.4, 0.5) is 51.2 Å². The van der Waals surface area contributed by atoms with Crippen LogP contribution in [0.15, 0.2) is 215 Å². The molecule has 0 bridgehead atoms. The highest BCUT2D eigenvalue weighted by Crippen LogP contribution is 2.49. The molecule has 0 saturated carbocycles. The van der Waals surface area contributed by atoms with Crippen LogP contribution in [0.3, 0.4) is 0 Å². The normalized spacial score (nSPS) is 13.3. The lowest BCUT2D eigenvalue weighted by atomic mass is 9.33. The summed E-state index contributed by atoms with van der Waals surface area (Å²) in [6.07, 6.45) is 0. The van der Waals surface area contributed by atoms with Gasteiger partial charge in [-0.05, 0) is 146 Å². The summed E-state index contributed by atoms with van der Waals surface area (Å²) in [6.45, 7) is 13.6. The van der Waals surface area contributed by atoms with Crippen molar-refractivity contribution in [3.05, 3.63) is 217 Å². The van der Waals surface area contributed by atoms with E-state index in [0.29, 0.717) is 0 Å². The molecule has 72 heavy (non-hydrogen) atoms. The predicted molar refractivity (Wildman–Crippen MR) is 305 cm³/mol. The molecule has 14 rings (SSSR count). The van der Waals surface area contributed by atoms with Crippen LogP contribution in [-0.2, 0) is 10.8 Å². The van der Waals surface area contributed by atoms with Gasteiger partial charge in [-0.2, -0.15) is 0 Å². The van der Waals surface area contributed by atoms with Crippen molar-refractivity contribution in [2.75, 3.05) is 14.7 Å². The number of rotatable bonds is 5. The molecular formula is C66H52BN3O2. The van der Waals surface area contributed by atoms with Crippen molar-refractivity contribution in [2.24, 2.45) is 0 Å². The van der Waals surface area contributed by atoms with Crippen molar-refractivity contribution in [1.29, 1.82) is 0 Å². The zero-order valence-electron chi connectivity index (χ0n) is 41.4. The second-order valence-electron chi connectivity index (χ2n) is 21.8. The monoisotopic (exact) mass is 929 g/mol. The highest BCUT2D eigenvalue weighted by molar-refractivity contribution is 7.00. The van der Waals surface area contributed by atoms with Crippen molar-refractivity contribution >= 4 is 129 Å². The van der Waals surface area contributed by atoms with Gasteiger partial charge in [-0.3, -0.25) is 0 Å². The van der Waals surface area contributed by atoms with Gasteiger partial charge in [0.05, 0.1) is 11.1 Å². The fourth-order valence-corrected chi connectivity index (χ4v) is 11.7. The largest absolute Gasteiger partial charge is 0.456 e. The van der Waals surface area contributed by atoms with Gasteiger partial charge in [-0.25, -0.2) is 0 Å². The van der Waals surface area contributed by atoms with E-state index in [2.05, 4.69) is 256 Å². The van der Waals surface area contributed by atoms with Crippen molar-refractivity contribution in [3.63, 3.8) is 0 Å². The Bertz CT molecular complexity index is 4150. The molecule has 2 aliphatic rings. The Morgan fingerprint density at radius 2 is 0.917 bits per heavy atom. The third-order valence-electron chi connectivity index (χ3n) is 15.3. The van der Waals surface area contributed by atoms with Gasteiger partial charge in [0.2, 0.25) is 0 Å². The predicted octanol–water partition coefficient (Wildman–Crippen LogP) is 16.8. The van der Waals surface area contributed by atoms with Crippen LogP contribution in [0.1, 0.15) is 52.7 Å². The minimum Gasteiger partial charge on any atom is -0.456 e. The molecule has 5 nitrogen and oxygen atoms in total. The number of para-hydroxylation sites is 2. The molecule has 2 aliphatic heterocycles. The molecule has 0 radical (unpaired) electrons. The maximum absolute atomic E-state index is 6.69. The molecule has 12 aromatic rings. The Kier molecular flexibility index (Phi) is 9.14. The minimum absolute atomic E-state index is 0.000372. The van der Waals surface area contributed by atoms with Gasteiger partial charge in [0, 0.05) is 61.7 Å². The lowest BCUT2D eigenvalue weighted by Gasteiger charge is -2.44. The summed E-state index contributed by atoms with van der Waals surface area (Å²) in [5.74, 6) is 0. The Hall–Kier alpha value is -8.48. The number of anilines is 9. The lowest BCUT2D eigenvalue weighted by Crippen LogP contribution is -2.61. The van der Waals surface area contributed by atoms with Crippen LogP contribution >= 0.6 is 0 Å². The van der Waals surface area contributed by atoms with E-state index in [9.17, 15) is 0 Å². The molecule has 4 heterocycles. The molecule has 0 unspecified atom stereocenters. The molecule has 346 valence electrons. The van der Waals surface area contributed by atoms with Gasteiger partial charge in [0.15, 0.2) is 0 Å². The van der Waals surface area contributed by atoms with Gasteiger partial charge in [0.1, 0.15) is 22.3 Å². The fourth-order valence-electron chi connectivity index (χ4n) is 11.7. The molecule has 0 N–H and O–H groups in total. The maximum Gasteiger partial charge on any atom is 0.252 e. The number of hydrogen-bond donors (Lipinski definition) is 0. The minimum atomic E-state index is -0.0914. The second kappa shape index (κ2) is 15.5. The molecule has 0 amide bonds. The van der Waals surface area contributed by atoms with E-state index in [1.807, 2.05) is 6.07 Å². The molecule has 0 fully saturated rings. The van der Waals surface area contributed by atoms with E-state index < -0.39 is 0 Å². The lowest BCUT2D eigenvalue weighted by molar-refractivity contribution is 0.590. The average molecular weight is 930 g/mol. The maximum atomic E-state index is 6.69. The summed E-state index contributed by atoms with van der Waals surface area (Å²) >= 11 is 0. The number of benzene rings is 10. The first-order chi connectivity index (χ1) is 35.0. The van der Waals surface area contributed by atoms with Crippen LogP contribution in [0.2, 0.25) is 0 Å². The zero-order chi connectivity index (χ0) is 48.6. The van der Waals surface area contributed by atoms with E-state index in [1.54, 1.807) is 0 Å². The smallest absolute Gasteiger partial charge is 0.252 e. The van der Waals surface area contributed by atoms with Gasteiger partial charge in [-0.1, -0.05) is 151 Å². The molecule has 0 saturated heterocycles.